The van der Waals surface area contributed by atoms with Crippen LogP contribution in [0.15, 0.2) is 17.2 Å². The average Bonchev–Trinajstić information content (AvgIpc) is 3.15. The summed E-state index contributed by atoms with van der Waals surface area (Å²) in [6.07, 6.45) is 8.02. The minimum atomic E-state index is -0.819. The quantitative estimate of drug-likeness (QED) is 0.841. The van der Waals surface area contributed by atoms with Crippen LogP contribution < -0.4 is 10.9 Å². The molecule has 1 aliphatic carbocycles. The minimum Gasteiger partial charge on any atom is -0.365 e. The lowest BCUT2D eigenvalue weighted by Crippen LogP contribution is -2.25. The summed E-state index contributed by atoms with van der Waals surface area (Å²) in [6.45, 7) is 2.57. The van der Waals surface area contributed by atoms with Gasteiger partial charge in [0.05, 0.1) is 0 Å². The van der Waals surface area contributed by atoms with Crippen molar-refractivity contribution < 1.29 is 4.21 Å². The number of anilines is 1. The molecule has 1 N–H and O–H groups in total. The van der Waals surface area contributed by atoms with E-state index in [2.05, 4.69) is 10.3 Å². The maximum absolute atomic E-state index is 12.0. The molecule has 1 fully saturated rings. The molecule has 6 heteroatoms. The fourth-order valence-electron chi connectivity index (χ4n) is 1.75. The van der Waals surface area contributed by atoms with Gasteiger partial charge in [0, 0.05) is 47.3 Å². The zero-order valence-corrected chi connectivity index (χ0v) is 11.6. The smallest absolute Gasteiger partial charge is 0.293 e. The second-order valence-corrected chi connectivity index (χ2v) is 6.55. The Morgan fingerprint density at radius 1 is 1.61 bits per heavy atom. The predicted molar refractivity (Wildman–Crippen MR) is 73.4 cm³/mol. The van der Waals surface area contributed by atoms with Crippen LogP contribution >= 0.6 is 0 Å². The highest BCUT2D eigenvalue weighted by molar-refractivity contribution is 7.84. The van der Waals surface area contributed by atoms with Crippen LogP contribution in [0.3, 0.4) is 0 Å². The number of aromatic nitrogens is 2. The van der Waals surface area contributed by atoms with Crippen LogP contribution in [0.1, 0.15) is 32.2 Å². The maximum atomic E-state index is 12.0. The molecule has 18 heavy (non-hydrogen) atoms. The molecular formula is C12H19N3O2S. The van der Waals surface area contributed by atoms with Gasteiger partial charge in [0.25, 0.3) is 5.56 Å². The molecule has 0 aromatic carbocycles. The molecule has 100 valence electrons. The normalized spacial score (nSPS) is 18.3. The lowest BCUT2D eigenvalue weighted by Gasteiger charge is -2.10. The first-order chi connectivity index (χ1) is 8.59. The van der Waals surface area contributed by atoms with Gasteiger partial charge in [-0.05, 0) is 19.3 Å². The van der Waals surface area contributed by atoms with Crippen LogP contribution in [0.4, 0.5) is 5.82 Å². The molecule has 0 saturated heterocycles. The summed E-state index contributed by atoms with van der Waals surface area (Å²) in [4.78, 5) is 16.1. The van der Waals surface area contributed by atoms with Crippen LogP contribution in [0, 0.1) is 0 Å². The lowest BCUT2D eigenvalue weighted by molar-refractivity contribution is 0.671. The van der Waals surface area contributed by atoms with E-state index in [0.717, 1.165) is 19.3 Å². The Hall–Kier alpha value is -1.17. The van der Waals surface area contributed by atoms with Crippen molar-refractivity contribution in [1.82, 2.24) is 9.55 Å². The van der Waals surface area contributed by atoms with Crippen molar-refractivity contribution in [1.29, 1.82) is 0 Å². The van der Waals surface area contributed by atoms with E-state index in [4.69, 9.17) is 0 Å². The van der Waals surface area contributed by atoms with E-state index in [1.165, 1.54) is 0 Å². The van der Waals surface area contributed by atoms with E-state index in [0.29, 0.717) is 18.4 Å². The van der Waals surface area contributed by atoms with E-state index >= 15 is 0 Å². The molecule has 0 amide bonds. The van der Waals surface area contributed by atoms with Crippen LogP contribution in [-0.2, 0) is 10.8 Å². The number of nitrogens with zero attached hydrogens (tertiary/aromatic N) is 2. The largest absolute Gasteiger partial charge is 0.365 e. The Kier molecular flexibility index (Phi) is 4.16. The van der Waals surface area contributed by atoms with Gasteiger partial charge < -0.3 is 9.88 Å². The maximum Gasteiger partial charge on any atom is 0.293 e. The summed E-state index contributed by atoms with van der Waals surface area (Å²) in [6, 6.07) is 0.364. The minimum absolute atomic E-state index is 0.0507. The lowest BCUT2D eigenvalue weighted by atomic mass is 10.3. The first-order valence-corrected chi connectivity index (χ1v) is 7.85. The molecule has 5 nitrogen and oxygen atoms in total. The molecule has 1 aromatic heterocycles. The molecule has 0 radical (unpaired) electrons. The van der Waals surface area contributed by atoms with Crippen LogP contribution in [0.5, 0.6) is 0 Å². The summed E-state index contributed by atoms with van der Waals surface area (Å²) in [7, 11) is -0.819. The standard InChI is InChI=1S/C12H19N3O2S/c1-9(18(2)17)5-6-13-11-12(16)15(8-7-14-11)10-3-4-10/h7-10H,3-6H2,1-2H3,(H,13,14). The average molecular weight is 269 g/mol. The zero-order valence-electron chi connectivity index (χ0n) is 10.8. The van der Waals surface area contributed by atoms with E-state index in [9.17, 15) is 9.00 Å². The van der Waals surface area contributed by atoms with Crippen molar-refractivity contribution >= 4 is 16.6 Å². The molecule has 0 spiro atoms. The van der Waals surface area contributed by atoms with Crippen molar-refractivity contribution in [2.75, 3.05) is 18.1 Å². The van der Waals surface area contributed by atoms with Gasteiger partial charge in [-0.1, -0.05) is 6.92 Å². The Morgan fingerprint density at radius 3 is 2.94 bits per heavy atom. The molecule has 1 saturated carbocycles. The Labute approximate surface area is 109 Å². The molecule has 2 rings (SSSR count). The highest BCUT2D eigenvalue weighted by Gasteiger charge is 2.25. The van der Waals surface area contributed by atoms with E-state index in [1.807, 2.05) is 6.92 Å². The summed E-state index contributed by atoms with van der Waals surface area (Å²) >= 11 is 0. The topological polar surface area (TPSA) is 64.0 Å². The summed E-state index contributed by atoms with van der Waals surface area (Å²) in [5.41, 5.74) is -0.0507. The van der Waals surface area contributed by atoms with E-state index < -0.39 is 10.8 Å². The Balaban J connectivity index is 1.95. The van der Waals surface area contributed by atoms with Crippen molar-refractivity contribution in [2.45, 2.75) is 37.5 Å². The first kappa shape index (κ1) is 13.3. The van der Waals surface area contributed by atoms with Crippen molar-refractivity contribution in [3.05, 3.63) is 22.7 Å². The van der Waals surface area contributed by atoms with Crippen molar-refractivity contribution in [2.24, 2.45) is 0 Å². The van der Waals surface area contributed by atoms with Gasteiger partial charge in [0.15, 0.2) is 5.82 Å². The Morgan fingerprint density at radius 2 is 2.33 bits per heavy atom. The fraction of sp³-hybridized carbons (Fsp3) is 0.667. The number of hydrogen-bond donors (Lipinski definition) is 1. The van der Waals surface area contributed by atoms with Crippen LogP contribution in [-0.4, -0.2) is 31.8 Å². The van der Waals surface area contributed by atoms with E-state index in [-0.39, 0.29) is 10.8 Å². The van der Waals surface area contributed by atoms with Gasteiger partial charge in [0.1, 0.15) is 0 Å². The third kappa shape index (κ3) is 3.19. The molecule has 1 aromatic rings. The van der Waals surface area contributed by atoms with Crippen molar-refractivity contribution in [3.8, 4) is 0 Å². The summed E-state index contributed by atoms with van der Waals surface area (Å²) < 4.78 is 13.0. The second kappa shape index (κ2) is 5.65. The number of rotatable bonds is 6. The van der Waals surface area contributed by atoms with Crippen LogP contribution in [0.25, 0.3) is 0 Å². The highest BCUT2D eigenvalue weighted by Crippen LogP contribution is 2.33. The Bertz CT molecular complexity index is 496. The molecule has 1 heterocycles. The molecule has 0 aliphatic heterocycles. The molecule has 0 bridgehead atoms. The van der Waals surface area contributed by atoms with Gasteiger partial charge in [-0.2, -0.15) is 0 Å². The van der Waals surface area contributed by atoms with Gasteiger partial charge in [-0.3, -0.25) is 9.00 Å². The van der Waals surface area contributed by atoms with Gasteiger partial charge in [-0.25, -0.2) is 4.98 Å². The summed E-state index contributed by atoms with van der Waals surface area (Å²) in [5, 5.41) is 3.17. The van der Waals surface area contributed by atoms with Crippen molar-refractivity contribution in [3.63, 3.8) is 0 Å². The van der Waals surface area contributed by atoms with E-state index in [1.54, 1.807) is 23.2 Å². The van der Waals surface area contributed by atoms with Gasteiger partial charge in [-0.15, -0.1) is 0 Å². The monoisotopic (exact) mass is 269 g/mol. The molecule has 2 unspecified atom stereocenters. The zero-order chi connectivity index (χ0) is 13.1. The third-order valence-corrected chi connectivity index (χ3v) is 4.59. The third-order valence-electron chi connectivity index (χ3n) is 3.22. The fourth-order valence-corrected chi connectivity index (χ4v) is 2.20. The molecule has 1 aliphatic rings. The van der Waals surface area contributed by atoms with Crippen LogP contribution in [0.2, 0.25) is 0 Å². The van der Waals surface area contributed by atoms with Gasteiger partial charge in [0.2, 0.25) is 0 Å². The van der Waals surface area contributed by atoms with Gasteiger partial charge >= 0.3 is 0 Å². The molecule has 2 atom stereocenters. The molecular weight excluding hydrogens is 250 g/mol. The predicted octanol–water partition coefficient (Wildman–Crippen LogP) is 1.15. The summed E-state index contributed by atoms with van der Waals surface area (Å²) in [5.74, 6) is 0.401. The number of hydrogen-bond acceptors (Lipinski definition) is 4. The SMILES string of the molecule is CC(CCNc1nccn(C2CC2)c1=O)S(C)=O. The second-order valence-electron chi connectivity index (χ2n) is 4.74. The number of nitrogens with one attached hydrogen (secondary N) is 1. The highest BCUT2D eigenvalue weighted by atomic mass is 32.2. The first-order valence-electron chi connectivity index (χ1n) is 6.23.